The molecule has 0 amide bonds. The zero-order valence-corrected chi connectivity index (χ0v) is 8.56. The molecule has 0 spiro atoms. The molecule has 4 heteroatoms. The van der Waals surface area contributed by atoms with Crippen LogP contribution < -0.4 is 5.32 Å². The van der Waals surface area contributed by atoms with E-state index < -0.39 is 23.9 Å². The van der Waals surface area contributed by atoms with Crippen molar-refractivity contribution in [1.82, 2.24) is 5.32 Å². The maximum atomic E-state index is 13.3. The fourth-order valence-corrected chi connectivity index (χ4v) is 1.48. The average molecular weight is 217 g/mol. The molecule has 15 heavy (non-hydrogen) atoms. The lowest BCUT2D eigenvalue weighted by Crippen LogP contribution is -2.23. The monoisotopic (exact) mass is 217 g/mol. The van der Waals surface area contributed by atoms with Gasteiger partial charge in [-0.15, -0.1) is 0 Å². The summed E-state index contributed by atoms with van der Waals surface area (Å²) in [6.07, 6.45) is 1.55. The maximum absolute atomic E-state index is 13.3. The van der Waals surface area contributed by atoms with Crippen LogP contribution in [0.3, 0.4) is 0 Å². The smallest absolute Gasteiger partial charge is 0.162 e. The van der Waals surface area contributed by atoms with Gasteiger partial charge < -0.3 is 5.32 Å². The molecule has 1 rings (SSSR count). The number of rotatable bonds is 3. The summed E-state index contributed by atoms with van der Waals surface area (Å²) in [5, 5.41) is 2.74. The van der Waals surface area contributed by atoms with Crippen molar-refractivity contribution in [3.8, 4) is 0 Å². The van der Waals surface area contributed by atoms with Gasteiger partial charge in [0, 0.05) is 18.2 Å². The second-order valence-corrected chi connectivity index (χ2v) is 3.48. The van der Waals surface area contributed by atoms with Gasteiger partial charge in [0.25, 0.3) is 0 Å². The van der Waals surface area contributed by atoms with Crippen LogP contribution in [0, 0.1) is 0 Å². The Morgan fingerprint density at radius 2 is 2.13 bits per heavy atom. The minimum Gasteiger partial charge on any atom is -0.307 e. The molecule has 1 aliphatic heterocycles. The van der Waals surface area contributed by atoms with E-state index in [0.717, 1.165) is 6.08 Å². The summed E-state index contributed by atoms with van der Waals surface area (Å²) >= 11 is 0. The second-order valence-electron chi connectivity index (χ2n) is 3.48. The van der Waals surface area contributed by atoms with E-state index in [-0.39, 0.29) is 18.5 Å². The standard InChI is InChI=1S/C11H14F3N/c1-3-4-9(13)11(14)7(2)10-5-8(12)6-15-10/h3-4,8,10,15H,2,5-6H2,1H3/b4-3-,11-9-/t8-,10+/m0/s1. The van der Waals surface area contributed by atoms with E-state index in [9.17, 15) is 13.2 Å². The van der Waals surface area contributed by atoms with Crippen LogP contribution in [-0.4, -0.2) is 18.8 Å². The third kappa shape index (κ3) is 2.96. The lowest BCUT2D eigenvalue weighted by atomic mass is 10.1. The fourth-order valence-electron chi connectivity index (χ4n) is 1.48. The van der Waals surface area contributed by atoms with Gasteiger partial charge in [0.1, 0.15) is 6.17 Å². The van der Waals surface area contributed by atoms with Gasteiger partial charge in [-0.25, -0.2) is 13.2 Å². The molecule has 2 atom stereocenters. The van der Waals surface area contributed by atoms with E-state index in [1.807, 2.05) is 0 Å². The fraction of sp³-hybridized carbons (Fsp3) is 0.455. The number of hydrogen-bond acceptors (Lipinski definition) is 1. The number of hydrogen-bond donors (Lipinski definition) is 1. The highest BCUT2D eigenvalue weighted by molar-refractivity contribution is 5.34. The van der Waals surface area contributed by atoms with Crippen molar-refractivity contribution in [2.45, 2.75) is 25.6 Å². The van der Waals surface area contributed by atoms with Crippen molar-refractivity contribution in [1.29, 1.82) is 0 Å². The van der Waals surface area contributed by atoms with Crippen molar-refractivity contribution in [3.63, 3.8) is 0 Å². The number of allylic oxidation sites excluding steroid dienone is 3. The van der Waals surface area contributed by atoms with Gasteiger partial charge in [0.2, 0.25) is 0 Å². The number of nitrogens with one attached hydrogen (secondary N) is 1. The molecule has 1 fully saturated rings. The summed E-state index contributed by atoms with van der Waals surface area (Å²) in [7, 11) is 0. The molecule has 1 aliphatic rings. The summed E-state index contributed by atoms with van der Waals surface area (Å²) in [6, 6.07) is -0.504. The molecule has 0 aromatic carbocycles. The van der Waals surface area contributed by atoms with E-state index >= 15 is 0 Å². The van der Waals surface area contributed by atoms with Crippen LogP contribution in [0.1, 0.15) is 13.3 Å². The van der Waals surface area contributed by atoms with E-state index in [4.69, 9.17) is 0 Å². The van der Waals surface area contributed by atoms with Gasteiger partial charge in [-0.3, -0.25) is 0 Å². The Morgan fingerprint density at radius 1 is 1.47 bits per heavy atom. The molecule has 1 saturated heterocycles. The molecule has 0 bridgehead atoms. The third-order valence-corrected chi connectivity index (χ3v) is 2.30. The molecule has 0 aliphatic carbocycles. The summed E-state index contributed by atoms with van der Waals surface area (Å²) in [4.78, 5) is 0. The zero-order valence-electron chi connectivity index (χ0n) is 8.56. The maximum Gasteiger partial charge on any atom is 0.162 e. The van der Waals surface area contributed by atoms with Crippen molar-refractivity contribution in [2.24, 2.45) is 0 Å². The van der Waals surface area contributed by atoms with Crippen LogP contribution in [-0.2, 0) is 0 Å². The zero-order chi connectivity index (χ0) is 11.4. The van der Waals surface area contributed by atoms with E-state index in [0.29, 0.717) is 0 Å². The molecule has 1 heterocycles. The summed E-state index contributed by atoms with van der Waals surface area (Å²) in [6.45, 7) is 5.19. The molecular weight excluding hydrogens is 203 g/mol. The number of alkyl halides is 1. The summed E-state index contributed by atoms with van der Waals surface area (Å²) in [5.74, 6) is -1.97. The SMILES string of the molecule is C=C(/C(F)=C(F)\C=C/C)[C@H]1C[C@H](F)CN1. The van der Waals surface area contributed by atoms with Gasteiger partial charge in [0.05, 0.1) is 0 Å². The first-order valence-electron chi connectivity index (χ1n) is 4.80. The van der Waals surface area contributed by atoms with Crippen LogP contribution in [0.2, 0.25) is 0 Å². The Labute approximate surface area is 87.4 Å². The van der Waals surface area contributed by atoms with Crippen LogP contribution in [0.4, 0.5) is 13.2 Å². The number of halogens is 3. The first-order chi connectivity index (χ1) is 7.06. The minimum atomic E-state index is -1.01. The van der Waals surface area contributed by atoms with Crippen molar-refractivity contribution >= 4 is 0 Å². The Kier molecular flexibility index (Phi) is 4.15. The Balaban J connectivity index is 2.72. The van der Waals surface area contributed by atoms with Crippen molar-refractivity contribution in [3.05, 3.63) is 36.0 Å². The highest BCUT2D eigenvalue weighted by atomic mass is 19.2. The van der Waals surface area contributed by atoms with Crippen LogP contribution >= 0.6 is 0 Å². The quantitative estimate of drug-likeness (QED) is 0.716. The van der Waals surface area contributed by atoms with Gasteiger partial charge in [-0.2, -0.15) is 0 Å². The Hall–Kier alpha value is -1.03. The molecule has 1 N–H and O–H groups in total. The van der Waals surface area contributed by atoms with Crippen LogP contribution in [0.25, 0.3) is 0 Å². The summed E-state index contributed by atoms with van der Waals surface area (Å²) < 4.78 is 39.2. The predicted molar refractivity (Wildman–Crippen MR) is 54.5 cm³/mol. The minimum absolute atomic E-state index is 0.0225. The van der Waals surface area contributed by atoms with Crippen LogP contribution in [0.15, 0.2) is 36.0 Å². The molecule has 0 unspecified atom stereocenters. The normalized spacial score (nSPS) is 28.3. The van der Waals surface area contributed by atoms with Gasteiger partial charge >= 0.3 is 0 Å². The lowest BCUT2D eigenvalue weighted by Gasteiger charge is -2.11. The van der Waals surface area contributed by atoms with Crippen LogP contribution in [0.5, 0.6) is 0 Å². The molecular formula is C11H14F3N. The second kappa shape index (κ2) is 5.16. The predicted octanol–water partition coefficient (Wildman–Crippen LogP) is 2.97. The van der Waals surface area contributed by atoms with Gasteiger partial charge in [-0.1, -0.05) is 12.7 Å². The van der Waals surface area contributed by atoms with Crippen molar-refractivity contribution < 1.29 is 13.2 Å². The van der Waals surface area contributed by atoms with Crippen molar-refractivity contribution in [2.75, 3.05) is 6.54 Å². The molecule has 84 valence electrons. The molecule has 0 aromatic rings. The Bertz CT molecular complexity index is 307. The molecule has 1 nitrogen and oxygen atoms in total. The Morgan fingerprint density at radius 3 is 2.60 bits per heavy atom. The third-order valence-electron chi connectivity index (χ3n) is 2.30. The highest BCUT2D eigenvalue weighted by Crippen LogP contribution is 2.25. The van der Waals surface area contributed by atoms with Gasteiger partial charge in [0.15, 0.2) is 11.7 Å². The van der Waals surface area contributed by atoms with E-state index in [1.165, 1.54) is 6.08 Å². The first-order valence-corrected chi connectivity index (χ1v) is 4.80. The topological polar surface area (TPSA) is 12.0 Å². The van der Waals surface area contributed by atoms with E-state index in [2.05, 4.69) is 11.9 Å². The highest BCUT2D eigenvalue weighted by Gasteiger charge is 2.28. The first kappa shape index (κ1) is 12.0. The van der Waals surface area contributed by atoms with Gasteiger partial charge in [-0.05, 0) is 19.4 Å². The summed E-state index contributed by atoms with van der Waals surface area (Å²) in [5.41, 5.74) is -0.0225. The average Bonchev–Trinajstić information content (AvgIpc) is 2.63. The van der Waals surface area contributed by atoms with E-state index in [1.54, 1.807) is 6.92 Å². The molecule has 0 saturated carbocycles. The molecule has 0 radical (unpaired) electrons. The molecule has 0 aromatic heterocycles. The lowest BCUT2D eigenvalue weighted by molar-refractivity contribution is 0.357. The largest absolute Gasteiger partial charge is 0.307 e.